The molecule has 0 unspecified atom stereocenters. The minimum absolute atomic E-state index is 0.0531. The number of nitrogens with zero attached hydrogens (tertiary/aromatic N) is 3. The molecule has 18 heavy (non-hydrogen) atoms. The zero-order valence-corrected chi connectivity index (χ0v) is 11.6. The predicted octanol–water partition coefficient (Wildman–Crippen LogP) is -0.101. The molecule has 0 saturated heterocycles. The van der Waals surface area contributed by atoms with Crippen LogP contribution >= 0.6 is 0 Å². The van der Waals surface area contributed by atoms with E-state index in [1.165, 1.54) is 19.4 Å². The van der Waals surface area contributed by atoms with Crippen LogP contribution in [0, 0.1) is 0 Å². The van der Waals surface area contributed by atoms with Crippen molar-refractivity contribution in [2.24, 2.45) is 0 Å². The number of hydrogen-bond donors (Lipinski definition) is 1. The lowest BCUT2D eigenvalue weighted by atomic mass is 10.4. The van der Waals surface area contributed by atoms with Crippen LogP contribution in [0.25, 0.3) is 0 Å². The largest absolute Gasteiger partial charge is 0.342 e. The summed E-state index contributed by atoms with van der Waals surface area (Å²) in [6.45, 7) is 4.66. The van der Waals surface area contributed by atoms with Crippen LogP contribution in [-0.2, 0) is 14.8 Å². The molecule has 0 bridgehead atoms. The van der Waals surface area contributed by atoms with Gasteiger partial charge in [-0.05, 0) is 13.8 Å². The van der Waals surface area contributed by atoms with Crippen LogP contribution in [0.2, 0.25) is 0 Å². The molecule has 0 aliphatic carbocycles. The number of nitrogens with one attached hydrogen (secondary N) is 1. The second-order valence-corrected chi connectivity index (χ2v) is 5.81. The fourth-order valence-corrected chi connectivity index (χ4v) is 2.54. The summed E-state index contributed by atoms with van der Waals surface area (Å²) in [6, 6.07) is 0. The van der Waals surface area contributed by atoms with Gasteiger partial charge in [-0.25, -0.2) is 8.42 Å². The number of carbonyl (C=O) groups is 1. The van der Waals surface area contributed by atoms with Gasteiger partial charge in [-0.2, -0.15) is 9.40 Å². The van der Waals surface area contributed by atoms with E-state index in [1.807, 2.05) is 13.8 Å². The SMILES string of the molecule is CCN(CC)C(=O)CN(C)S(=O)(=O)c1cn[nH]c1. The van der Waals surface area contributed by atoms with Crippen LogP contribution < -0.4 is 0 Å². The highest BCUT2D eigenvalue weighted by molar-refractivity contribution is 7.89. The van der Waals surface area contributed by atoms with Gasteiger partial charge in [-0.15, -0.1) is 0 Å². The van der Waals surface area contributed by atoms with E-state index in [-0.39, 0.29) is 17.3 Å². The summed E-state index contributed by atoms with van der Waals surface area (Å²) < 4.78 is 25.1. The van der Waals surface area contributed by atoms with E-state index < -0.39 is 10.0 Å². The normalized spacial score (nSPS) is 11.8. The lowest BCUT2D eigenvalue weighted by Gasteiger charge is -2.22. The molecule has 1 aromatic rings. The molecule has 7 nitrogen and oxygen atoms in total. The van der Waals surface area contributed by atoms with Crippen LogP contribution in [0.3, 0.4) is 0 Å². The molecule has 1 aromatic heterocycles. The molecule has 1 heterocycles. The molecule has 0 saturated carbocycles. The maximum Gasteiger partial charge on any atom is 0.246 e. The van der Waals surface area contributed by atoms with Gasteiger partial charge in [-0.3, -0.25) is 9.89 Å². The van der Waals surface area contributed by atoms with Crippen LogP contribution in [0.5, 0.6) is 0 Å². The van der Waals surface area contributed by atoms with Crippen molar-refractivity contribution < 1.29 is 13.2 Å². The second kappa shape index (κ2) is 5.96. The van der Waals surface area contributed by atoms with Gasteiger partial charge < -0.3 is 4.90 Å². The molecule has 0 spiro atoms. The van der Waals surface area contributed by atoms with Crippen molar-refractivity contribution >= 4 is 15.9 Å². The standard InChI is InChI=1S/C10H18N4O3S/c1-4-14(5-2)10(15)8-13(3)18(16,17)9-6-11-12-7-9/h6-7H,4-5,8H2,1-3H3,(H,11,12). The lowest BCUT2D eigenvalue weighted by Crippen LogP contribution is -2.40. The summed E-state index contributed by atoms with van der Waals surface area (Å²) in [5, 5.41) is 6.03. The van der Waals surface area contributed by atoms with Gasteiger partial charge in [0.15, 0.2) is 0 Å². The minimum atomic E-state index is -3.65. The Morgan fingerprint density at radius 2 is 2.00 bits per heavy atom. The molecule has 0 atom stereocenters. The number of aromatic nitrogens is 2. The summed E-state index contributed by atoms with van der Waals surface area (Å²) in [6.07, 6.45) is 2.50. The average molecular weight is 274 g/mol. The predicted molar refractivity (Wildman–Crippen MR) is 66.3 cm³/mol. The number of H-pyrrole nitrogens is 1. The minimum Gasteiger partial charge on any atom is -0.342 e. The highest BCUT2D eigenvalue weighted by atomic mass is 32.2. The molecule has 0 fully saturated rings. The average Bonchev–Trinajstić information content (AvgIpc) is 2.84. The van der Waals surface area contributed by atoms with E-state index in [1.54, 1.807) is 4.90 Å². The highest BCUT2D eigenvalue weighted by Gasteiger charge is 2.25. The third-order valence-corrected chi connectivity index (χ3v) is 4.42. The summed E-state index contributed by atoms with van der Waals surface area (Å²) in [7, 11) is -2.27. The molecular weight excluding hydrogens is 256 g/mol. The van der Waals surface area contributed by atoms with Crippen molar-refractivity contribution in [3.63, 3.8) is 0 Å². The van der Waals surface area contributed by atoms with Gasteiger partial charge in [0.05, 0.1) is 12.7 Å². The molecule has 1 rings (SSSR count). The van der Waals surface area contributed by atoms with Gasteiger partial charge >= 0.3 is 0 Å². The Morgan fingerprint density at radius 3 is 2.44 bits per heavy atom. The summed E-state index contributed by atoms with van der Waals surface area (Å²) in [5.74, 6) is -0.213. The van der Waals surface area contributed by atoms with E-state index in [2.05, 4.69) is 10.2 Å². The first-order valence-electron chi connectivity index (χ1n) is 5.66. The Labute approximate surface area is 107 Å². The first-order valence-corrected chi connectivity index (χ1v) is 7.10. The number of rotatable bonds is 6. The van der Waals surface area contributed by atoms with E-state index in [4.69, 9.17) is 0 Å². The van der Waals surface area contributed by atoms with Crippen molar-refractivity contribution in [2.45, 2.75) is 18.7 Å². The number of carbonyl (C=O) groups excluding carboxylic acids is 1. The zero-order chi connectivity index (χ0) is 13.8. The molecular formula is C10H18N4O3S. The van der Waals surface area contributed by atoms with Crippen molar-refractivity contribution in [1.29, 1.82) is 0 Å². The van der Waals surface area contributed by atoms with Crippen LogP contribution in [0.4, 0.5) is 0 Å². The smallest absolute Gasteiger partial charge is 0.246 e. The number of amides is 1. The number of sulfonamides is 1. The molecule has 1 N–H and O–H groups in total. The Kier molecular flexibility index (Phi) is 4.85. The van der Waals surface area contributed by atoms with E-state index in [9.17, 15) is 13.2 Å². The molecule has 8 heteroatoms. The number of likely N-dealkylation sites (N-methyl/N-ethyl adjacent to an activating group) is 2. The molecule has 0 aromatic carbocycles. The van der Waals surface area contributed by atoms with E-state index in [0.29, 0.717) is 13.1 Å². The molecule has 1 amide bonds. The maximum atomic E-state index is 12.0. The first-order chi connectivity index (χ1) is 8.43. The number of aromatic amines is 1. The fourth-order valence-electron chi connectivity index (χ4n) is 1.51. The lowest BCUT2D eigenvalue weighted by molar-refractivity contribution is -0.130. The van der Waals surface area contributed by atoms with E-state index in [0.717, 1.165) is 4.31 Å². The van der Waals surface area contributed by atoms with Crippen molar-refractivity contribution in [1.82, 2.24) is 19.4 Å². The summed E-state index contributed by atoms with van der Waals surface area (Å²) >= 11 is 0. The van der Waals surface area contributed by atoms with Crippen molar-refractivity contribution in [3.8, 4) is 0 Å². The van der Waals surface area contributed by atoms with Gasteiger partial charge in [0, 0.05) is 26.3 Å². The third-order valence-electron chi connectivity index (χ3n) is 2.66. The fraction of sp³-hybridized carbons (Fsp3) is 0.600. The highest BCUT2D eigenvalue weighted by Crippen LogP contribution is 2.11. The van der Waals surface area contributed by atoms with Gasteiger partial charge in [0.1, 0.15) is 4.90 Å². The molecule has 0 radical (unpaired) electrons. The third kappa shape index (κ3) is 3.08. The topological polar surface area (TPSA) is 86.4 Å². The Morgan fingerprint density at radius 1 is 1.39 bits per heavy atom. The summed E-state index contributed by atoms with van der Waals surface area (Å²) in [4.78, 5) is 13.5. The zero-order valence-electron chi connectivity index (χ0n) is 10.8. The van der Waals surface area contributed by atoms with Gasteiger partial charge in [-0.1, -0.05) is 0 Å². The molecule has 0 aliphatic rings. The quantitative estimate of drug-likeness (QED) is 0.784. The van der Waals surface area contributed by atoms with Crippen molar-refractivity contribution in [3.05, 3.63) is 12.4 Å². The molecule has 102 valence electrons. The second-order valence-electron chi connectivity index (χ2n) is 3.76. The van der Waals surface area contributed by atoms with Crippen LogP contribution in [0.15, 0.2) is 17.3 Å². The van der Waals surface area contributed by atoms with Crippen LogP contribution in [0.1, 0.15) is 13.8 Å². The van der Waals surface area contributed by atoms with Crippen molar-refractivity contribution in [2.75, 3.05) is 26.7 Å². The molecule has 0 aliphatic heterocycles. The van der Waals surface area contributed by atoms with Gasteiger partial charge in [0.2, 0.25) is 15.9 Å². The Hall–Kier alpha value is -1.41. The van der Waals surface area contributed by atoms with Gasteiger partial charge in [0.25, 0.3) is 0 Å². The Balaban J connectivity index is 2.77. The van der Waals surface area contributed by atoms with E-state index >= 15 is 0 Å². The monoisotopic (exact) mass is 274 g/mol. The maximum absolute atomic E-state index is 12.0. The van der Waals surface area contributed by atoms with Crippen LogP contribution in [-0.4, -0.2) is 60.4 Å². The number of hydrogen-bond acceptors (Lipinski definition) is 4. The summed E-state index contributed by atoms with van der Waals surface area (Å²) in [5.41, 5.74) is 0. The first kappa shape index (κ1) is 14.7. The Bertz CT molecular complexity index is 479.